The van der Waals surface area contributed by atoms with Crippen LogP contribution in [0.25, 0.3) is 77.5 Å². The van der Waals surface area contributed by atoms with Crippen molar-refractivity contribution in [1.82, 2.24) is 0 Å². The molecule has 322 valence electrons. The molecule has 0 radical (unpaired) electrons. The van der Waals surface area contributed by atoms with Crippen LogP contribution in [0.2, 0.25) is 0 Å². The number of aryl methyl sites for hydroxylation is 2. The molecule has 0 aromatic heterocycles. The Bertz CT molecular complexity index is 3730. The van der Waals surface area contributed by atoms with E-state index in [0.29, 0.717) is 0 Å². The normalized spacial score (nSPS) is 12.9. The van der Waals surface area contributed by atoms with Gasteiger partial charge in [0.1, 0.15) is 0 Å². The topological polar surface area (TPSA) is 6.48 Å². The molecule has 0 fully saturated rings. The molecule has 0 unspecified atom stereocenters. The number of fused-ring (bicyclic) bond motifs is 6. The lowest BCUT2D eigenvalue weighted by Gasteiger charge is -2.29. The van der Waals surface area contributed by atoms with E-state index in [1.54, 1.807) is 0 Å². The molecule has 2 aliphatic carbocycles. The van der Waals surface area contributed by atoms with Crippen LogP contribution in [0.15, 0.2) is 231 Å². The van der Waals surface area contributed by atoms with E-state index in [9.17, 15) is 0 Å². The standard InChI is InChI=1S/C66H48N2/c1-3-19-49(20-4-1)65-61-37-35-60(68(57-33-29-47-17-9-13-25-53(47)41-57)58-34-30-48-18-10-14-26-54(48)42-58)44-64(61)66(50-21-5-2-6-22-50)62-38-36-59(43-63(62)65)67(55-31-27-45-15-7-11-23-51(45)39-55)56-32-28-46-16-8-12-24-52(46)40-56/h1-9,11-12,14-17,19-24,26-44H,10,13,18,25H2. The van der Waals surface area contributed by atoms with Gasteiger partial charge in [-0.2, -0.15) is 0 Å². The molecular weight excluding hydrogens is 821 g/mol. The number of hydrogen-bond acceptors (Lipinski definition) is 2. The van der Waals surface area contributed by atoms with Crippen molar-refractivity contribution in [3.63, 3.8) is 0 Å². The minimum atomic E-state index is 1.05. The molecule has 13 rings (SSSR count). The maximum atomic E-state index is 2.48. The fourth-order valence-corrected chi connectivity index (χ4v) is 11.0. The Kier molecular flexibility index (Phi) is 9.83. The molecule has 2 aliphatic rings. The molecular formula is C66H48N2. The number of nitrogens with zero attached hydrogens (tertiary/aromatic N) is 2. The van der Waals surface area contributed by atoms with Crippen molar-refractivity contribution >= 4 is 89.4 Å². The van der Waals surface area contributed by atoms with Gasteiger partial charge in [0.2, 0.25) is 0 Å². The van der Waals surface area contributed by atoms with Crippen molar-refractivity contribution < 1.29 is 0 Å². The highest BCUT2D eigenvalue weighted by molar-refractivity contribution is 6.22. The molecule has 0 aliphatic heterocycles. The predicted octanol–water partition coefficient (Wildman–Crippen LogP) is 18.5. The van der Waals surface area contributed by atoms with Crippen molar-refractivity contribution in [3.05, 3.63) is 253 Å². The molecule has 68 heavy (non-hydrogen) atoms. The Morgan fingerprint density at radius 1 is 0.279 bits per heavy atom. The number of rotatable bonds is 8. The van der Waals surface area contributed by atoms with Crippen LogP contribution < -0.4 is 9.80 Å². The van der Waals surface area contributed by atoms with Crippen LogP contribution in [0.5, 0.6) is 0 Å². The average Bonchev–Trinajstić information content (AvgIpc) is 3.40. The fraction of sp³-hybridized carbons (Fsp3) is 0.0606. The highest BCUT2D eigenvalue weighted by Gasteiger charge is 2.23. The molecule has 11 aromatic carbocycles. The van der Waals surface area contributed by atoms with Gasteiger partial charge in [-0.1, -0.05) is 170 Å². The quantitative estimate of drug-likeness (QED) is 0.140. The van der Waals surface area contributed by atoms with Gasteiger partial charge in [0, 0.05) is 34.1 Å². The van der Waals surface area contributed by atoms with Crippen molar-refractivity contribution in [3.8, 4) is 22.3 Å². The van der Waals surface area contributed by atoms with Crippen molar-refractivity contribution in [2.24, 2.45) is 0 Å². The summed E-state index contributed by atoms with van der Waals surface area (Å²) in [6.45, 7) is 0. The Labute approximate surface area is 398 Å². The van der Waals surface area contributed by atoms with Gasteiger partial charge in [0.05, 0.1) is 0 Å². The van der Waals surface area contributed by atoms with Gasteiger partial charge in [0.15, 0.2) is 0 Å². The van der Waals surface area contributed by atoms with Crippen LogP contribution in [-0.4, -0.2) is 0 Å². The third kappa shape index (κ3) is 7.05. The fourth-order valence-electron chi connectivity index (χ4n) is 11.0. The van der Waals surface area contributed by atoms with E-state index in [0.717, 1.165) is 48.4 Å². The Morgan fingerprint density at radius 2 is 0.706 bits per heavy atom. The van der Waals surface area contributed by atoms with Crippen LogP contribution in [0.4, 0.5) is 34.1 Å². The van der Waals surface area contributed by atoms with E-state index in [4.69, 9.17) is 0 Å². The van der Waals surface area contributed by atoms with Crippen LogP contribution in [0.3, 0.4) is 0 Å². The summed E-state index contributed by atoms with van der Waals surface area (Å²) in [4.78, 5) is 4.92. The second-order valence-electron chi connectivity index (χ2n) is 18.3. The van der Waals surface area contributed by atoms with E-state index >= 15 is 0 Å². The lowest BCUT2D eigenvalue weighted by atomic mass is 9.85. The molecule has 0 spiro atoms. The smallest absolute Gasteiger partial charge is 0.0468 e. The SMILES string of the molecule is C1=Cc2cc(N(c3ccc4c(c3)CCC=C4)c3ccc4c(-c5ccccc5)c5cc(N(c6ccc7ccccc7c6)c6ccc7ccccc7c6)ccc5c(-c5ccccc5)c4c3)ccc2CC1. The first-order chi connectivity index (χ1) is 33.7. The largest absolute Gasteiger partial charge is 0.310 e. The summed E-state index contributed by atoms with van der Waals surface area (Å²) in [6, 6.07) is 81.5. The van der Waals surface area contributed by atoms with E-state index in [1.807, 2.05) is 0 Å². The summed E-state index contributed by atoms with van der Waals surface area (Å²) < 4.78 is 0. The Morgan fingerprint density at radius 3 is 1.28 bits per heavy atom. The summed E-state index contributed by atoms with van der Waals surface area (Å²) in [7, 11) is 0. The number of allylic oxidation sites excluding steroid dienone is 2. The summed E-state index contributed by atoms with van der Waals surface area (Å²) in [5, 5.41) is 9.73. The predicted molar refractivity (Wildman–Crippen MR) is 291 cm³/mol. The summed E-state index contributed by atoms with van der Waals surface area (Å²) in [6.07, 6.45) is 13.5. The van der Waals surface area contributed by atoms with E-state index in [1.165, 1.54) is 99.0 Å². The molecule has 0 N–H and O–H groups in total. The molecule has 0 atom stereocenters. The zero-order chi connectivity index (χ0) is 45.0. The minimum absolute atomic E-state index is 1.05. The number of hydrogen-bond donors (Lipinski definition) is 0. The van der Waals surface area contributed by atoms with Crippen LogP contribution in [0, 0.1) is 0 Å². The maximum Gasteiger partial charge on any atom is 0.0468 e. The highest BCUT2D eigenvalue weighted by Crippen LogP contribution is 2.49. The second kappa shape index (κ2) is 16.8. The molecule has 2 heteroatoms. The monoisotopic (exact) mass is 868 g/mol. The lowest BCUT2D eigenvalue weighted by Crippen LogP contribution is -2.12. The van der Waals surface area contributed by atoms with Gasteiger partial charge in [-0.15, -0.1) is 0 Å². The van der Waals surface area contributed by atoms with E-state index in [2.05, 4.69) is 252 Å². The first-order valence-electron chi connectivity index (χ1n) is 24.0. The summed E-state index contributed by atoms with van der Waals surface area (Å²) >= 11 is 0. The van der Waals surface area contributed by atoms with Gasteiger partial charge in [0.25, 0.3) is 0 Å². The van der Waals surface area contributed by atoms with Crippen LogP contribution >= 0.6 is 0 Å². The molecule has 0 saturated heterocycles. The highest BCUT2D eigenvalue weighted by atomic mass is 15.1. The van der Waals surface area contributed by atoms with Crippen LogP contribution in [-0.2, 0) is 12.8 Å². The van der Waals surface area contributed by atoms with Crippen molar-refractivity contribution in [2.75, 3.05) is 9.80 Å². The number of benzene rings is 11. The third-order valence-electron chi connectivity index (χ3n) is 14.2. The van der Waals surface area contributed by atoms with Gasteiger partial charge >= 0.3 is 0 Å². The molecule has 0 bridgehead atoms. The Hall–Kier alpha value is -8.46. The van der Waals surface area contributed by atoms with Gasteiger partial charge in [-0.3, -0.25) is 0 Å². The first kappa shape index (κ1) is 39.9. The Balaban J connectivity index is 1.08. The zero-order valence-electron chi connectivity index (χ0n) is 37.8. The summed E-state index contributed by atoms with van der Waals surface area (Å²) in [5.41, 5.74) is 17.1. The maximum absolute atomic E-state index is 2.48. The lowest BCUT2D eigenvalue weighted by molar-refractivity contribution is 0.982. The van der Waals surface area contributed by atoms with Gasteiger partial charge in [-0.25, -0.2) is 0 Å². The van der Waals surface area contributed by atoms with E-state index < -0.39 is 0 Å². The van der Waals surface area contributed by atoms with E-state index in [-0.39, 0.29) is 0 Å². The molecule has 0 heterocycles. The van der Waals surface area contributed by atoms with Gasteiger partial charge < -0.3 is 9.80 Å². The van der Waals surface area contributed by atoms with Crippen molar-refractivity contribution in [1.29, 1.82) is 0 Å². The average molecular weight is 869 g/mol. The molecule has 0 amide bonds. The zero-order valence-corrected chi connectivity index (χ0v) is 37.8. The molecule has 2 nitrogen and oxygen atoms in total. The first-order valence-corrected chi connectivity index (χ1v) is 24.0. The van der Waals surface area contributed by atoms with Crippen LogP contribution in [0.1, 0.15) is 35.1 Å². The van der Waals surface area contributed by atoms with Crippen molar-refractivity contribution in [2.45, 2.75) is 25.7 Å². The third-order valence-corrected chi connectivity index (χ3v) is 14.2. The minimum Gasteiger partial charge on any atom is -0.310 e. The number of anilines is 6. The summed E-state index contributed by atoms with van der Waals surface area (Å²) in [5.74, 6) is 0. The second-order valence-corrected chi connectivity index (χ2v) is 18.3. The molecule has 0 saturated carbocycles. The molecule has 11 aromatic rings. The van der Waals surface area contributed by atoms with Gasteiger partial charge in [-0.05, 0) is 186 Å².